The molecule has 0 radical (unpaired) electrons. The van der Waals surface area contributed by atoms with E-state index < -0.39 is 5.82 Å². The Kier molecular flexibility index (Phi) is 4.90. The highest BCUT2D eigenvalue weighted by atomic mass is 19.1. The second kappa shape index (κ2) is 7.45. The van der Waals surface area contributed by atoms with Crippen molar-refractivity contribution in [2.45, 2.75) is 6.54 Å². The summed E-state index contributed by atoms with van der Waals surface area (Å²) in [6.07, 6.45) is 2.54. The lowest BCUT2D eigenvalue weighted by atomic mass is 10.1. The Hall–Kier alpha value is -4.06. The molecule has 0 atom stereocenters. The smallest absolute Gasteiger partial charge is 0.222 e. The van der Waals surface area contributed by atoms with Crippen molar-refractivity contribution in [3.8, 4) is 17.3 Å². The van der Waals surface area contributed by atoms with Gasteiger partial charge in [0.2, 0.25) is 5.95 Å². The summed E-state index contributed by atoms with van der Waals surface area (Å²) in [5, 5.41) is 19.7. The Morgan fingerprint density at radius 2 is 2.04 bits per heavy atom. The number of nitriles is 1. The number of anilines is 3. The predicted molar refractivity (Wildman–Crippen MR) is 100 cm³/mol. The molecule has 0 saturated heterocycles. The number of halogens is 1. The van der Waals surface area contributed by atoms with Crippen molar-refractivity contribution in [3.63, 3.8) is 0 Å². The second-order valence-corrected chi connectivity index (χ2v) is 5.58. The van der Waals surface area contributed by atoms with E-state index in [2.05, 4.69) is 20.3 Å². The molecule has 3 aromatic rings. The van der Waals surface area contributed by atoms with Crippen LogP contribution in [0.25, 0.3) is 11.3 Å². The number of nitrogens with two attached hydrogens (primary N) is 2. The molecule has 0 bridgehead atoms. The van der Waals surface area contributed by atoms with Crippen LogP contribution in [0.3, 0.4) is 0 Å². The van der Waals surface area contributed by atoms with Crippen LogP contribution >= 0.6 is 0 Å². The molecular weight excluding hydrogens is 347 g/mol. The summed E-state index contributed by atoms with van der Waals surface area (Å²) in [4.78, 5) is 12.2. The van der Waals surface area contributed by atoms with Gasteiger partial charge in [0.15, 0.2) is 0 Å². The van der Waals surface area contributed by atoms with E-state index in [0.717, 1.165) is 6.21 Å². The number of nitrogen functional groups attached to an aromatic ring is 2. The third-order valence-corrected chi connectivity index (χ3v) is 3.78. The lowest BCUT2D eigenvalue weighted by Crippen LogP contribution is -2.10. The molecule has 9 heteroatoms. The zero-order valence-electron chi connectivity index (χ0n) is 14.1. The minimum absolute atomic E-state index is 0.0220. The van der Waals surface area contributed by atoms with E-state index in [4.69, 9.17) is 22.1 Å². The van der Waals surface area contributed by atoms with Gasteiger partial charge in [0.1, 0.15) is 23.4 Å². The van der Waals surface area contributed by atoms with Crippen LogP contribution in [0.1, 0.15) is 16.8 Å². The average Bonchev–Trinajstić information content (AvgIpc) is 2.67. The highest BCUT2D eigenvalue weighted by Gasteiger charge is 2.15. The fourth-order valence-corrected chi connectivity index (χ4v) is 2.50. The van der Waals surface area contributed by atoms with E-state index in [0.29, 0.717) is 28.1 Å². The Labute approximate surface area is 154 Å². The van der Waals surface area contributed by atoms with Crippen molar-refractivity contribution in [2.24, 2.45) is 0 Å². The minimum Gasteiger partial charge on any atom is -0.399 e. The lowest BCUT2D eigenvalue weighted by molar-refractivity contribution is 0.613. The second-order valence-electron chi connectivity index (χ2n) is 5.58. The molecule has 3 rings (SSSR count). The largest absolute Gasteiger partial charge is 0.399 e. The van der Waals surface area contributed by atoms with Gasteiger partial charge in [-0.05, 0) is 24.3 Å². The molecule has 0 spiro atoms. The molecule has 0 saturated carbocycles. The molecule has 0 fully saturated rings. The Bertz CT molecular complexity index is 1060. The van der Waals surface area contributed by atoms with Gasteiger partial charge in [0.05, 0.1) is 11.3 Å². The molecule has 8 nitrogen and oxygen atoms in total. The van der Waals surface area contributed by atoms with E-state index >= 15 is 0 Å². The average molecular weight is 362 g/mol. The molecule has 0 aliphatic carbocycles. The van der Waals surface area contributed by atoms with Gasteiger partial charge in [-0.25, -0.2) is 14.4 Å². The molecule has 0 unspecified atom stereocenters. The van der Waals surface area contributed by atoms with Crippen LogP contribution < -0.4 is 16.8 Å². The molecule has 2 heterocycles. The van der Waals surface area contributed by atoms with E-state index in [1.165, 1.54) is 18.3 Å². The number of hydrogen-bond donors (Lipinski definition) is 4. The van der Waals surface area contributed by atoms with Crippen LogP contribution in [0.4, 0.5) is 21.8 Å². The molecule has 0 amide bonds. The van der Waals surface area contributed by atoms with Crippen LogP contribution in [0, 0.1) is 22.6 Å². The highest BCUT2D eigenvalue weighted by Crippen LogP contribution is 2.26. The summed E-state index contributed by atoms with van der Waals surface area (Å²) in [6, 6.07) is 9.53. The molecular formula is C18H15FN8. The molecule has 2 aromatic heterocycles. The number of aromatic nitrogens is 3. The maximum Gasteiger partial charge on any atom is 0.222 e. The van der Waals surface area contributed by atoms with Crippen LogP contribution in [-0.4, -0.2) is 21.2 Å². The lowest BCUT2D eigenvalue weighted by Gasteiger charge is -2.13. The maximum absolute atomic E-state index is 14.0. The first-order chi connectivity index (χ1) is 13.0. The Morgan fingerprint density at radius 3 is 2.74 bits per heavy atom. The molecule has 0 aliphatic heterocycles. The van der Waals surface area contributed by atoms with Crippen LogP contribution in [-0.2, 0) is 6.54 Å². The number of nitrogens with one attached hydrogen (secondary N) is 2. The summed E-state index contributed by atoms with van der Waals surface area (Å²) in [5.74, 6) is -0.195. The van der Waals surface area contributed by atoms with Crippen molar-refractivity contribution in [2.75, 3.05) is 16.8 Å². The normalized spacial score (nSPS) is 10.2. The first-order valence-corrected chi connectivity index (χ1v) is 7.84. The maximum atomic E-state index is 14.0. The van der Waals surface area contributed by atoms with Crippen molar-refractivity contribution in [1.29, 1.82) is 10.7 Å². The SMILES string of the molecule is N#Cc1cc(-c2nc(N)nc(NCc3ccc(N)cc3F)c2C=N)ccn1. The van der Waals surface area contributed by atoms with Crippen molar-refractivity contribution in [1.82, 2.24) is 15.0 Å². The Balaban J connectivity index is 1.99. The number of benzene rings is 1. The first-order valence-electron chi connectivity index (χ1n) is 7.84. The van der Waals surface area contributed by atoms with Gasteiger partial charge in [-0.1, -0.05) is 6.07 Å². The number of nitrogens with zero attached hydrogens (tertiary/aromatic N) is 4. The standard InChI is InChI=1S/C18H15FN8/c19-15-6-12(22)2-1-11(15)9-25-17-14(8-21)16(26-18(23)27-17)10-3-4-24-13(5-10)7-20/h1-6,8,21H,9,22H2,(H3,23,25,26,27). The minimum atomic E-state index is -0.450. The van der Waals surface area contributed by atoms with Gasteiger partial charge in [-0.3, -0.25) is 0 Å². The van der Waals surface area contributed by atoms with Crippen molar-refractivity contribution >= 4 is 23.7 Å². The monoisotopic (exact) mass is 362 g/mol. The van der Waals surface area contributed by atoms with Crippen molar-refractivity contribution in [3.05, 3.63) is 59.2 Å². The quantitative estimate of drug-likeness (QED) is 0.401. The third-order valence-electron chi connectivity index (χ3n) is 3.78. The molecule has 0 aliphatic rings. The number of hydrogen-bond acceptors (Lipinski definition) is 8. The summed E-state index contributed by atoms with van der Waals surface area (Å²) in [5.41, 5.74) is 13.6. The predicted octanol–water partition coefficient (Wildman–Crippen LogP) is 2.32. The summed E-state index contributed by atoms with van der Waals surface area (Å²) in [7, 11) is 0. The van der Waals surface area contributed by atoms with Gasteiger partial charge in [0.25, 0.3) is 0 Å². The van der Waals surface area contributed by atoms with Crippen molar-refractivity contribution < 1.29 is 4.39 Å². The number of pyridine rings is 1. The summed E-state index contributed by atoms with van der Waals surface area (Å²) < 4.78 is 14.0. The Morgan fingerprint density at radius 1 is 1.22 bits per heavy atom. The fourth-order valence-electron chi connectivity index (χ4n) is 2.50. The molecule has 134 valence electrons. The highest BCUT2D eigenvalue weighted by molar-refractivity contribution is 5.93. The van der Waals surface area contributed by atoms with Gasteiger partial charge >= 0.3 is 0 Å². The van der Waals surface area contributed by atoms with Gasteiger partial charge in [0, 0.05) is 35.8 Å². The van der Waals surface area contributed by atoms with Gasteiger partial charge in [-0.2, -0.15) is 10.2 Å². The number of rotatable bonds is 5. The van der Waals surface area contributed by atoms with E-state index in [9.17, 15) is 4.39 Å². The molecule has 6 N–H and O–H groups in total. The zero-order chi connectivity index (χ0) is 19.4. The third kappa shape index (κ3) is 3.80. The van der Waals surface area contributed by atoms with E-state index in [-0.39, 0.29) is 24.0 Å². The fraction of sp³-hybridized carbons (Fsp3) is 0.0556. The van der Waals surface area contributed by atoms with Gasteiger partial charge in [-0.15, -0.1) is 0 Å². The zero-order valence-corrected chi connectivity index (χ0v) is 14.1. The molecule has 1 aromatic carbocycles. The first kappa shape index (κ1) is 17.8. The van der Waals surface area contributed by atoms with Crippen LogP contribution in [0.5, 0.6) is 0 Å². The molecule has 27 heavy (non-hydrogen) atoms. The summed E-state index contributed by atoms with van der Waals surface area (Å²) >= 11 is 0. The van der Waals surface area contributed by atoms with Crippen LogP contribution in [0.2, 0.25) is 0 Å². The van der Waals surface area contributed by atoms with Crippen LogP contribution in [0.15, 0.2) is 36.5 Å². The van der Waals surface area contributed by atoms with E-state index in [1.807, 2.05) is 6.07 Å². The topological polar surface area (TPSA) is 150 Å². The van der Waals surface area contributed by atoms with E-state index in [1.54, 1.807) is 18.2 Å². The van der Waals surface area contributed by atoms with Gasteiger partial charge < -0.3 is 22.2 Å². The summed E-state index contributed by atoms with van der Waals surface area (Å²) in [6.45, 7) is 0.114.